The number of rotatable bonds is 2. The molecule has 3 N–H and O–H groups in total. The Hall–Kier alpha value is -2.21. The molecule has 0 aliphatic heterocycles. The van der Waals surface area contributed by atoms with Crippen LogP contribution in [0, 0.1) is 5.82 Å². The molecule has 0 saturated heterocycles. The van der Waals surface area contributed by atoms with Crippen molar-refractivity contribution in [3.8, 4) is 22.4 Å². The van der Waals surface area contributed by atoms with Gasteiger partial charge in [-0.05, 0) is 23.8 Å². The van der Waals surface area contributed by atoms with Crippen molar-refractivity contribution in [2.24, 2.45) is 0 Å². The van der Waals surface area contributed by atoms with Crippen molar-refractivity contribution in [1.29, 1.82) is 0 Å². The highest BCUT2D eigenvalue weighted by molar-refractivity contribution is 9.10. The third-order valence-corrected chi connectivity index (χ3v) is 3.39. The van der Waals surface area contributed by atoms with Gasteiger partial charge in [0, 0.05) is 16.2 Å². The predicted octanol–water partition coefficient (Wildman–Crippen LogP) is 3.62. The molecule has 0 spiro atoms. The first-order valence-electron chi connectivity index (χ1n) is 5.86. The quantitative estimate of drug-likeness (QED) is 0.753. The van der Waals surface area contributed by atoms with E-state index in [9.17, 15) is 4.39 Å². The zero-order valence-electron chi connectivity index (χ0n) is 10.3. The number of anilines is 1. The number of pyridine rings is 1. The van der Waals surface area contributed by atoms with Gasteiger partial charge in [0.2, 0.25) is 0 Å². The lowest BCUT2D eigenvalue weighted by atomic mass is 10.0. The van der Waals surface area contributed by atoms with Crippen LogP contribution in [0.3, 0.4) is 0 Å². The van der Waals surface area contributed by atoms with Gasteiger partial charge >= 0.3 is 0 Å². The van der Waals surface area contributed by atoms with Gasteiger partial charge in [-0.1, -0.05) is 28.1 Å². The number of nitrogen functional groups attached to an aromatic ring is 1. The molecule has 6 heteroatoms. The Kier molecular flexibility index (Phi) is 3.23. The summed E-state index contributed by atoms with van der Waals surface area (Å²) in [6.07, 6.45) is 2.72. The first-order valence-corrected chi connectivity index (χ1v) is 6.65. The molecule has 0 saturated carbocycles. The van der Waals surface area contributed by atoms with Gasteiger partial charge in [-0.2, -0.15) is 5.10 Å². The zero-order chi connectivity index (χ0) is 14.1. The molecule has 20 heavy (non-hydrogen) atoms. The molecule has 0 unspecified atom stereocenters. The Morgan fingerprint density at radius 3 is 2.75 bits per heavy atom. The summed E-state index contributed by atoms with van der Waals surface area (Å²) in [5.74, 6) is -0.0433. The SMILES string of the molecule is Nc1n[nH]c(-c2cncc(F)c2)c1-c1cccc(Br)c1. The summed E-state index contributed by atoms with van der Waals surface area (Å²) >= 11 is 3.42. The van der Waals surface area contributed by atoms with Crippen LogP contribution < -0.4 is 5.73 Å². The summed E-state index contributed by atoms with van der Waals surface area (Å²) in [4.78, 5) is 3.85. The van der Waals surface area contributed by atoms with Gasteiger partial charge in [0.15, 0.2) is 5.82 Å². The summed E-state index contributed by atoms with van der Waals surface area (Å²) < 4.78 is 14.3. The summed E-state index contributed by atoms with van der Waals surface area (Å²) in [6.45, 7) is 0. The molecule has 2 heterocycles. The number of nitrogens with one attached hydrogen (secondary N) is 1. The van der Waals surface area contributed by atoms with Gasteiger partial charge < -0.3 is 5.73 Å². The lowest BCUT2D eigenvalue weighted by molar-refractivity contribution is 0.622. The van der Waals surface area contributed by atoms with E-state index in [-0.39, 0.29) is 0 Å². The largest absolute Gasteiger partial charge is 0.382 e. The number of nitrogens with two attached hydrogens (primary N) is 1. The van der Waals surface area contributed by atoms with E-state index in [1.807, 2.05) is 24.3 Å². The van der Waals surface area contributed by atoms with Gasteiger partial charge in [0.1, 0.15) is 5.82 Å². The topological polar surface area (TPSA) is 67.6 Å². The third kappa shape index (κ3) is 2.30. The average molecular weight is 333 g/mol. The fourth-order valence-corrected chi connectivity index (χ4v) is 2.45. The van der Waals surface area contributed by atoms with E-state index < -0.39 is 5.82 Å². The maximum atomic E-state index is 13.3. The standard InChI is InChI=1S/C14H10BrFN4/c15-10-3-1-2-8(4-10)12-13(19-20-14(12)17)9-5-11(16)7-18-6-9/h1-7H,(H3,17,19,20). The zero-order valence-corrected chi connectivity index (χ0v) is 11.9. The molecule has 0 aliphatic carbocycles. The van der Waals surface area contributed by atoms with Crippen LogP contribution in [0.15, 0.2) is 47.2 Å². The lowest BCUT2D eigenvalue weighted by Gasteiger charge is -2.05. The maximum Gasteiger partial charge on any atom is 0.153 e. The Balaban J connectivity index is 2.20. The van der Waals surface area contributed by atoms with Gasteiger partial charge in [-0.15, -0.1) is 0 Å². The van der Waals surface area contributed by atoms with E-state index in [4.69, 9.17) is 5.73 Å². The van der Waals surface area contributed by atoms with E-state index >= 15 is 0 Å². The first-order chi connectivity index (χ1) is 9.65. The number of H-pyrrole nitrogens is 1. The molecule has 4 nitrogen and oxygen atoms in total. The molecule has 100 valence electrons. The second-order valence-electron chi connectivity index (χ2n) is 4.26. The molecule has 0 bridgehead atoms. The normalized spacial score (nSPS) is 10.7. The summed E-state index contributed by atoms with van der Waals surface area (Å²) in [7, 11) is 0. The van der Waals surface area contributed by atoms with Crippen LogP contribution in [0.25, 0.3) is 22.4 Å². The highest BCUT2D eigenvalue weighted by atomic mass is 79.9. The fraction of sp³-hybridized carbons (Fsp3) is 0. The summed E-state index contributed by atoms with van der Waals surface area (Å²) in [6, 6.07) is 9.06. The lowest BCUT2D eigenvalue weighted by Crippen LogP contribution is -1.89. The van der Waals surface area contributed by atoms with Crippen molar-refractivity contribution in [3.05, 3.63) is 53.0 Å². The smallest absolute Gasteiger partial charge is 0.153 e. The van der Waals surface area contributed by atoms with E-state index in [0.29, 0.717) is 17.1 Å². The number of hydrogen-bond acceptors (Lipinski definition) is 3. The van der Waals surface area contributed by atoms with Crippen LogP contribution in [0.2, 0.25) is 0 Å². The van der Waals surface area contributed by atoms with E-state index in [0.717, 1.165) is 21.8 Å². The number of aromatic amines is 1. The summed E-state index contributed by atoms with van der Waals surface area (Å²) in [5, 5.41) is 6.85. The predicted molar refractivity (Wildman–Crippen MR) is 79.3 cm³/mol. The van der Waals surface area contributed by atoms with Crippen molar-refractivity contribution < 1.29 is 4.39 Å². The van der Waals surface area contributed by atoms with Crippen molar-refractivity contribution >= 4 is 21.7 Å². The molecule has 0 amide bonds. The Morgan fingerprint density at radius 2 is 2.00 bits per heavy atom. The molecule has 0 atom stereocenters. The fourth-order valence-electron chi connectivity index (χ4n) is 2.05. The third-order valence-electron chi connectivity index (χ3n) is 2.90. The van der Waals surface area contributed by atoms with Crippen LogP contribution >= 0.6 is 15.9 Å². The minimum Gasteiger partial charge on any atom is -0.382 e. The number of hydrogen-bond donors (Lipinski definition) is 2. The molecule has 2 aromatic heterocycles. The van der Waals surface area contributed by atoms with E-state index in [1.165, 1.54) is 6.07 Å². The van der Waals surface area contributed by atoms with Gasteiger partial charge in [-0.3, -0.25) is 10.1 Å². The number of benzene rings is 1. The van der Waals surface area contributed by atoms with Gasteiger partial charge in [-0.25, -0.2) is 4.39 Å². The second-order valence-corrected chi connectivity index (χ2v) is 5.18. The van der Waals surface area contributed by atoms with Crippen molar-refractivity contribution in [3.63, 3.8) is 0 Å². The molecule has 3 aromatic rings. The number of nitrogens with zero attached hydrogens (tertiary/aromatic N) is 2. The van der Waals surface area contributed by atoms with Crippen LogP contribution in [0.5, 0.6) is 0 Å². The van der Waals surface area contributed by atoms with Crippen molar-refractivity contribution in [2.75, 3.05) is 5.73 Å². The Morgan fingerprint density at radius 1 is 1.15 bits per heavy atom. The van der Waals surface area contributed by atoms with Gasteiger partial charge in [0.05, 0.1) is 17.5 Å². The molecule has 1 aromatic carbocycles. The number of aromatic nitrogens is 3. The summed E-state index contributed by atoms with van der Waals surface area (Å²) in [5.41, 5.74) is 8.80. The highest BCUT2D eigenvalue weighted by Gasteiger charge is 2.15. The minimum absolute atomic E-state index is 0.363. The van der Waals surface area contributed by atoms with E-state index in [1.54, 1.807) is 6.20 Å². The highest BCUT2D eigenvalue weighted by Crippen LogP contribution is 2.35. The first kappa shape index (κ1) is 12.8. The van der Waals surface area contributed by atoms with Gasteiger partial charge in [0.25, 0.3) is 0 Å². The maximum absolute atomic E-state index is 13.3. The molecular formula is C14H10BrFN4. The molecular weight excluding hydrogens is 323 g/mol. The Bertz CT molecular complexity index is 769. The van der Waals surface area contributed by atoms with Crippen LogP contribution in [-0.4, -0.2) is 15.2 Å². The van der Waals surface area contributed by atoms with Crippen molar-refractivity contribution in [1.82, 2.24) is 15.2 Å². The Labute approximate surface area is 123 Å². The minimum atomic E-state index is -0.407. The van der Waals surface area contributed by atoms with Crippen LogP contribution in [-0.2, 0) is 0 Å². The molecule has 0 radical (unpaired) electrons. The number of halogens is 2. The van der Waals surface area contributed by atoms with Crippen LogP contribution in [0.4, 0.5) is 10.2 Å². The van der Waals surface area contributed by atoms with E-state index in [2.05, 4.69) is 31.1 Å². The van der Waals surface area contributed by atoms with Crippen molar-refractivity contribution in [2.45, 2.75) is 0 Å². The molecule has 0 fully saturated rings. The average Bonchev–Trinajstić information content (AvgIpc) is 2.80. The molecule has 0 aliphatic rings. The second kappa shape index (κ2) is 5.05. The molecule has 3 rings (SSSR count). The van der Waals surface area contributed by atoms with Crippen LogP contribution in [0.1, 0.15) is 0 Å². The monoisotopic (exact) mass is 332 g/mol.